The highest BCUT2D eigenvalue weighted by Gasteiger charge is 2.14. The zero-order valence-corrected chi connectivity index (χ0v) is 11.9. The molecule has 0 amide bonds. The van der Waals surface area contributed by atoms with Crippen molar-refractivity contribution >= 4 is 11.6 Å². The van der Waals surface area contributed by atoms with Gasteiger partial charge in [0.25, 0.3) is 0 Å². The Morgan fingerprint density at radius 1 is 1.39 bits per heavy atom. The standard InChI is InChI=1S/C13H25N5/c1-5-13(2,3)9-15-11-8-12(17-10-16-11)18(4)7-6-14/h8,10H,5-7,9,14H2,1-4H3,(H,15,16,17). The van der Waals surface area contributed by atoms with E-state index < -0.39 is 0 Å². The predicted octanol–water partition coefficient (Wildman–Crippen LogP) is 1.72. The number of nitrogens with two attached hydrogens (primary N) is 1. The van der Waals surface area contributed by atoms with Gasteiger partial charge >= 0.3 is 0 Å². The van der Waals surface area contributed by atoms with Crippen LogP contribution in [0.4, 0.5) is 11.6 Å². The van der Waals surface area contributed by atoms with Crippen molar-refractivity contribution in [2.24, 2.45) is 11.1 Å². The Labute approximate surface area is 110 Å². The average molecular weight is 251 g/mol. The van der Waals surface area contributed by atoms with E-state index in [0.717, 1.165) is 31.1 Å². The van der Waals surface area contributed by atoms with Gasteiger partial charge in [0.1, 0.15) is 18.0 Å². The van der Waals surface area contributed by atoms with Gasteiger partial charge in [-0.2, -0.15) is 0 Å². The number of anilines is 2. The molecule has 0 atom stereocenters. The lowest BCUT2D eigenvalue weighted by Crippen LogP contribution is -2.26. The fourth-order valence-electron chi connectivity index (χ4n) is 1.42. The van der Waals surface area contributed by atoms with E-state index in [2.05, 4.69) is 36.1 Å². The van der Waals surface area contributed by atoms with Crippen molar-refractivity contribution in [2.75, 3.05) is 36.9 Å². The minimum Gasteiger partial charge on any atom is -0.369 e. The topological polar surface area (TPSA) is 67.1 Å². The van der Waals surface area contributed by atoms with Crippen LogP contribution in [0.3, 0.4) is 0 Å². The van der Waals surface area contributed by atoms with Gasteiger partial charge in [-0.05, 0) is 11.8 Å². The number of rotatable bonds is 7. The first-order valence-electron chi connectivity index (χ1n) is 6.45. The SMILES string of the molecule is CCC(C)(C)CNc1cc(N(C)CCN)ncn1. The van der Waals surface area contributed by atoms with Gasteiger partial charge in [0.15, 0.2) is 0 Å². The molecule has 3 N–H and O–H groups in total. The van der Waals surface area contributed by atoms with E-state index in [0.29, 0.717) is 6.54 Å². The largest absolute Gasteiger partial charge is 0.369 e. The minimum absolute atomic E-state index is 0.272. The molecule has 18 heavy (non-hydrogen) atoms. The second-order valence-corrected chi connectivity index (χ2v) is 5.34. The molecule has 1 rings (SSSR count). The average Bonchev–Trinajstić information content (AvgIpc) is 2.37. The summed E-state index contributed by atoms with van der Waals surface area (Å²) in [5.74, 6) is 1.76. The van der Waals surface area contributed by atoms with Crippen LogP contribution in [-0.4, -0.2) is 36.6 Å². The highest BCUT2D eigenvalue weighted by Crippen LogP contribution is 2.20. The molecular weight excluding hydrogens is 226 g/mol. The fraction of sp³-hybridized carbons (Fsp3) is 0.692. The maximum absolute atomic E-state index is 5.54. The summed E-state index contributed by atoms with van der Waals surface area (Å²) in [4.78, 5) is 10.5. The van der Waals surface area contributed by atoms with Gasteiger partial charge in [-0.15, -0.1) is 0 Å². The summed E-state index contributed by atoms with van der Waals surface area (Å²) in [7, 11) is 1.98. The Morgan fingerprint density at radius 2 is 2.11 bits per heavy atom. The van der Waals surface area contributed by atoms with Crippen LogP contribution in [0.15, 0.2) is 12.4 Å². The van der Waals surface area contributed by atoms with Crippen molar-refractivity contribution in [1.29, 1.82) is 0 Å². The lowest BCUT2D eigenvalue weighted by molar-refractivity contribution is 0.376. The fourth-order valence-corrected chi connectivity index (χ4v) is 1.42. The molecule has 5 heteroatoms. The van der Waals surface area contributed by atoms with Gasteiger partial charge in [0.2, 0.25) is 0 Å². The van der Waals surface area contributed by atoms with Crippen LogP contribution < -0.4 is 16.0 Å². The van der Waals surface area contributed by atoms with Crippen LogP contribution >= 0.6 is 0 Å². The normalized spacial score (nSPS) is 11.4. The zero-order chi connectivity index (χ0) is 13.6. The first kappa shape index (κ1) is 14.7. The quantitative estimate of drug-likeness (QED) is 0.772. The molecule has 1 aromatic heterocycles. The summed E-state index contributed by atoms with van der Waals surface area (Å²) in [6.45, 7) is 8.98. The van der Waals surface area contributed by atoms with E-state index >= 15 is 0 Å². The van der Waals surface area contributed by atoms with Gasteiger partial charge in [-0.25, -0.2) is 9.97 Å². The van der Waals surface area contributed by atoms with E-state index in [4.69, 9.17) is 5.73 Å². The van der Waals surface area contributed by atoms with Gasteiger partial charge in [0.05, 0.1) is 0 Å². The second-order valence-electron chi connectivity index (χ2n) is 5.34. The number of hydrogen-bond acceptors (Lipinski definition) is 5. The van der Waals surface area contributed by atoms with Crippen LogP contribution in [0.2, 0.25) is 0 Å². The molecule has 0 unspecified atom stereocenters. The molecule has 0 saturated carbocycles. The molecule has 5 nitrogen and oxygen atoms in total. The molecule has 0 bridgehead atoms. The molecule has 0 saturated heterocycles. The maximum atomic E-state index is 5.54. The number of aromatic nitrogens is 2. The van der Waals surface area contributed by atoms with E-state index in [9.17, 15) is 0 Å². The van der Waals surface area contributed by atoms with Crippen molar-refractivity contribution in [3.05, 3.63) is 12.4 Å². The number of hydrogen-bond donors (Lipinski definition) is 2. The van der Waals surface area contributed by atoms with E-state index in [1.807, 2.05) is 18.0 Å². The van der Waals surface area contributed by atoms with Crippen molar-refractivity contribution in [1.82, 2.24) is 9.97 Å². The van der Waals surface area contributed by atoms with Crippen molar-refractivity contribution < 1.29 is 0 Å². The summed E-state index contributed by atoms with van der Waals surface area (Å²) in [5.41, 5.74) is 5.81. The summed E-state index contributed by atoms with van der Waals surface area (Å²) in [5, 5.41) is 3.36. The molecule has 1 heterocycles. The third-order valence-corrected chi connectivity index (χ3v) is 3.21. The minimum atomic E-state index is 0.272. The van der Waals surface area contributed by atoms with Gasteiger partial charge < -0.3 is 16.0 Å². The van der Waals surface area contributed by atoms with Crippen LogP contribution in [0.1, 0.15) is 27.2 Å². The first-order valence-corrected chi connectivity index (χ1v) is 6.45. The lowest BCUT2D eigenvalue weighted by Gasteiger charge is -2.23. The Hall–Kier alpha value is -1.36. The molecule has 0 aliphatic rings. The molecule has 0 aliphatic heterocycles. The summed E-state index contributed by atoms with van der Waals surface area (Å²) >= 11 is 0. The molecular formula is C13H25N5. The first-order chi connectivity index (χ1) is 8.48. The molecule has 0 aliphatic carbocycles. The monoisotopic (exact) mass is 251 g/mol. The third-order valence-electron chi connectivity index (χ3n) is 3.21. The predicted molar refractivity (Wildman–Crippen MR) is 76.9 cm³/mol. The van der Waals surface area contributed by atoms with Gasteiger partial charge in [-0.3, -0.25) is 0 Å². The Kier molecular flexibility index (Phi) is 5.34. The van der Waals surface area contributed by atoms with E-state index in [1.165, 1.54) is 0 Å². The summed E-state index contributed by atoms with van der Waals surface area (Å²) < 4.78 is 0. The Morgan fingerprint density at radius 3 is 2.72 bits per heavy atom. The molecule has 0 fully saturated rings. The molecule has 0 spiro atoms. The summed E-state index contributed by atoms with van der Waals surface area (Å²) in [6, 6.07) is 1.96. The number of nitrogens with zero attached hydrogens (tertiary/aromatic N) is 3. The molecule has 1 aromatic rings. The van der Waals surface area contributed by atoms with Crippen LogP contribution in [0, 0.1) is 5.41 Å². The van der Waals surface area contributed by atoms with Gasteiger partial charge in [0, 0.05) is 32.7 Å². The highest BCUT2D eigenvalue weighted by molar-refractivity contribution is 5.47. The van der Waals surface area contributed by atoms with E-state index in [-0.39, 0.29) is 5.41 Å². The van der Waals surface area contributed by atoms with Crippen LogP contribution in [0.25, 0.3) is 0 Å². The summed E-state index contributed by atoms with van der Waals surface area (Å²) in [6.07, 6.45) is 2.72. The Balaban J connectivity index is 2.65. The lowest BCUT2D eigenvalue weighted by atomic mass is 9.90. The van der Waals surface area contributed by atoms with Crippen molar-refractivity contribution in [3.8, 4) is 0 Å². The van der Waals surface area contributed by atoms with Crippen molar-refractivity contribution in [2.45, 2.75) is 27.2 Å². The maximum Gasteiger partial charge on any atom is 0.133 e. The third kappa shape index (κ3) is 4.49. The molecule has 0 radical (unpaired) electrons. The van der Waals surface area contributed by atoms with Gasteiger partial charge in [-0.1, -0.05) is 20.8 Å². The molecule has 0 aromatic carbocycles. The smallest absolute Gasteiger partial charge is 0.133 e. The van der Waals surface area contributed by atoms with Crippen molar-refractivity contribution in [3.63, 3.8) is 0 Å². The zero-order valence-electron chi connectivity index (χ0n) is 11.9. The molecule has 102 valence electrons. The number of nitrogens with one attached hydrogen (secondary N) is 1. The second kappa shape index (κ2) is 6.54. The highest BCUT2D eigenvalue weighted by atomic mass is 15.2. The van der Waals surface area contributed by atoms with E-state index in [1.54, 1.807) is 6.33 Å². The van der Waals surface area contributed by atoms with Crippen LogP contribution in [-0.2, 0) is 0 Å². The number of likely N-dealkylation sites (N-methyl/N-ethyl adjacent to an activating group) is 1. The Bertz CT molecular complexity index is 364. The van der Waals surface area contributed by atoms with Crippen LogP contribution in [0.5, 0.6) is 0 Å².